The minimum absolute atomic E-state index is 0.658. The number of furan rings is 1. The summed E-state index contributed by atoms with van der Waals surface area (Å²) in [5.74, 6) is 0.658. The molecule has 0 spiro atoms. The average molecular weight is 651 g/mol. The fraction of sp³-hybridized carbons (Fsp3) is 0. The third-order valence-corrected chi connectivity index (χ3v) is 9.91. The van der Waals surface area contributed by atoms with Crippen molar-refractivity contribution in [1.82, 2.24) is 9.97 Å². The second kappa shape index (κ2) is 11.9. The number of para-hydroxylation sites is 1. The van der Waals surface area contributed by atoms with Gasteiger partial charge in [0.25, 0.3) is 0 Å². The monoisotopic (exact) mass is 650 g/mol. The van der Waals surface area contributed by atoms with E-state index < -0.39 is 0 Å². The topological polar surface area (TPSA) is 38.9 Å². The molecule has 8 aromatic carbocycles. The van der Waals surface area contributed by atoms with Crippen molar-refractivity contribution in [3.63, 3.8) is 0 Å². The smallest absolute Gasteiger partial charge is 0.161 e. The summed E-state index contributed by atoms with van der Waals surface area (Å²) in [5, 5.41) is 6.96. The third-order valence-electron chi connectivity index (χ3n) is 9.91. The second-order valence-electron chi connectivity index (χ2n) is 13.0. The number of benzene rings is 8. The van der Waals surface area contributed by atoms with Crippen molar-refractivity contribution in [2.45, 2.75) is 0 Å². The van der Waals surface area contributed by atoms with E-state index in [-0.39, 0.29) is 0 Å². The van der Waals surface area contributed by atoms with Crippen LogP contribution in [0.15, 0.2) is 186 Å². The van der Waals surface area contributed by atoms with Gasteiger partial charge in [-0.3, -0.25) is 0 Å². The van der Waals surface area contributed by atoms with Crippen LogP contribution in [0.3, 0.4) is 0 Å². The predicted octanol–water partition coefficient (Wildman–Crippen LogP) is 13.0. The lowest BCUT2D eigenvalue weighted by atomic mass is 9.94. The van der Waals surface area contributed by atoms with E-state index in [2.05, 4.69) is 158 Å². The van der Waals surface area contributed by atoms with Gasteiger partial charge in [0.1, 0.15) is 11.2 Å². The molecule has 238 valence electrons. The molecule has 51 heavy (non-hydrogen) atoms. The Bertz CT molecular complexity index is 2890. The van der Waals surface area contributed by atoms with E-state index in [1.54, 1.807) is 0 Å². The molecular weight excluding hydrogens is 621 g/mol. The molecule has 3 heteroatoms. The molecule has 2 aromatic heterocycles. The highest BCUT2D eigenvalue weighted by atomic mass is 16.3. The zero-order chi connectivity index (χ0) is 33.7. The van der Waals surface area contributed by atoms with Gasteiger partial charge in [-0.25, -0.2) is 9.97 Å². The molecule has 0 saturated carbocycles. The van der Waals surface area contributed by atoms with Crippen LogP contribution >= 0.6 is 0 Å². The normalized spacial score (nSPS) is 11.5. The molecule has 0 saturated heterocycles. The minimum atomic E-state index is 0.658. The Morgan fingerprint density at radius 2 is 0.882 bits per heavy atom. The lowest BCUT2D eigenvalue weighted by Gasteiger charge is -2.12. The first-order chi connectivity index (χ1) is 25.3. The number of fused-ring (bicyclic) bond motifs is 6. The SMILES string of the molecule is c1ccc(-c2ccc(-c3cc(-c4ccccc4)nc(-c4ccc(-c5ccc6ccc7ccccc7c6c5)c5oc6ccccc6c45)n3)cc2)cc1. The van der Waals surface area contributed by atoms with Gasteiger partial charge in [0.15, 0.2) is 5.82 Å². The maximum atomic E-state index is 6.73. The average Bonchev–Trinajstić information content (AvgIpc) is 3.61. The van der Waals surface area contributed by atoms with Gasteiger partial charge < -0.3 is 4.42 Å². The summed E-state index contributed by atoms with van der Waals surface area (Å²) in [5.41, 5.74) is 10.9. The maximum absolute atomic E-state index is 6.73. The molecule has 0 N–H and O–H groups in total. The van der Waals surface area contributed by atoms with Crippen molar-refractivity contribution in [3.8, 4) is 56.2 Å². The van der Waals surface area contributed by atoms with Gasteiger partial charge in [-0.2, -0.15) is 0 Å². The first-order valence-corrected chi connectivity index (χ1v) is 17.2. The minimum Gasteiger partial charge on any atom is -0.455 e. The Balaban J connectivity index is 1.18. The summed E-state index contributed by atoms with van der Waals surface area (Å²) in [7, 11) is 0. The van der Waals surface area contributed by atoms with E-state index in [4.69, 9.17) is 14.4 Å². The first kappa shape index (κ1) is 29.1. The van der Waals surface area contributed by atoms with Gasteiger partial charge in [-0.05, 0) is 68.6 Å². The van der Waals surface area contributed by atoms with Crippen LogP contribution in [0.2, 0.25) is 0 Å². The van der Waals surface area contributed by atoms with Gasteiger partial charge in [-0.1, -0.05) is 152 Å². The molecule has 0 atom stereocenters. The Morgan fingerprint density at radius 3 is 1.65 bits per heavy atom. The number of hydrogen-bond acceptors (Lipinski definition) is 3. The number of aromatic nitrogens is 2. The van der Waals surface area contributed by atoms with E-state index in [0.717, 1.165) is 61.1 Å². The summed E-state index contributed by atoms with van der Waals surface area (Å²) in [6.07, 6.45) is 0. The van der Waals surface area contributed by atoms with Crippen LogP contribution in [0.25, 0.3) is 99.6 Å². The molecule has 0 unspecified atom stereocenters. The van der Waals surface area contributed by atoms with Gasteiger partial charge in [0.2, 0.25) is 0 Å². The summed E-state index contributed by atoms with van der Waals surface area (Å²) >= 11 is 0. The molecule has 3 nitrogen and oxygen atoms in total. The summed E-state index contributed by atoms with van der Waals surface area (Å²) in [6, 6.07) is 63.8. The quantitative estimate of drug-likeness (QED) is 0.174. The largest absolute Gasteiger partial charge is 0.455 e. The standard InChI is InChI=1S/C48H30N2O/c1-3-11-31(12-4-1)32-19-24-36(25-20-32)44-30-43(35-14-5-2-6-15-35)49-48(50-44)41-28-27-39(47-46(41)40-17-9-10-18-45(40)51-47)37-26-23-34-22-21-33-13-7-8-16-38(33)42(34)29-37/h1-30H. The van der Waals surface area contributed by atoms with Gasteiger partial charge in [0, 0.05) is 33.0 Å². The van der Waals surface area contributed by atoms with Crippen LogP contribution in [0.1, 0.15) is 0 Å². The van der Waals surface area contributed by atoms with Crippen molar-refractivity contribution in [1.29, 1.82) is 0 Å². The van der Waals surface area contributed by atoms with Crippen LogP contribution in [0.4, 0.5) is 0 Å². The fourth-order valence-corrected chi connectivity index (χ4v) is 7.35. The highest BCUT2D eigenvalue weighted by Gasteiger charge is 2.20. The molecule has 0 fully saturated rings. The highest BCUT2D eigenvalue weighted by Crippen LogP contribution is 2.42. The molecule has 0 amide bonds. The van der Waals surface area contributed by atoms with Crippen LogP contribution in [-0.4, -0.2) is 9.97 Å². The van der Waals surface area contributed by atoms with E-state index in [1.807, 2.05) is 24.3 Å². The Morgan fingerprint density at radius 1 is 0.353 bits per heavy atom. The molecule has 0 aliphatic heterocycles. The van der Waals surface area contributed by atoms with Crippen molar-refractivity contribution in [3.05, 3.63) is 182 Å². The predicted molar refractivity (Wildman–Crippen MR) is 212 cm³/mol. The zero-order valence-corrected chi connectivity index (χ0v) is 27.6. The Labute approximate surface area is 295 Å². The zero-order valence-electron chi connectivity index (χ0n) is 27.6. The van der Waals surface area contributed by atoms with E-state index in [9.17, 15) is 0 Å². The maximum Gasteiger partial charge on any atom is 0.161 e. The molecule has 10 rings (SSSR count). The molecule has 2 heterocycles. The van der Waals surface area contributed by atoms with Crippen molar-refractivity contribution in [2.24, 2.45) is 0 Å². The summed E-state index contributed by atoms with van der Waals surface area (Å²) in [6.45, 7) is 0. The first-order valence-electron chi connectivity index (χ1n) is 17.2. The van der Waals surface area contributed by atoms with E-state index in [0.29, 0.717) is 5.82 Å². The summed E-state index contributed by atoms with van der Waals surface area (Å²) in [4.78, 5) is 10.5. The highest BCUT2D eigenvalue weighted by molar-refractivity contribution is 6.17. The van der Waals surface area contributed by atoms with Crippen molar-refractivity contribution in [2.75, 3.05) is 0 Å². The van der Waals surface area contributed by atoms with Crippen LogP contribution in [0.5, 0.6) is 0 Å². The van der Waals surface area contributed by atoms with Gasteiger partial charge in [-0.15, -0.1) is 0 Å². The second-order valence-corrected chi connectivity index (χ2v) is 13.0. The van der Waals surface area contributed by atoms with Crippen LogP contribution < -0.4 is 0 Å². The molecular formula is C48H30N2O. The van der Waals surface area contributed by atoms with Gasteiger partial charge >= 0.3 is 0 Å². The number of hydrogen-bond donors (Lipinski definition) is 0. The van der Waals surface area contributed by atoms with Crippen molar-refractivity contribution >= 4 is 43.5 Å². The Hall–Kier alpha value is -6.84. The lowest BCUT2D eigenvalue weighted by molar-refractivity contribution is 0.670. The number of nitrogens with zero attached hydrogens (tertiary/aromatic N) is 2. The molecule has 0 aliphatic rings. The number of rotatable bonds is 5. The molecule has 0 bridgehead atoms. The van der Waals surface area contributed by atoms with E-state index >= 15 is 0 Å². The van der Waals surface area contributed by atoms with Crippen LogP contribution in [-0.2, 0) is 0 Å². The van der Waals surface area contributed by atoms with Gasteiger partial charge in [0.05, 0.1) is 11.4 Å². The third kappa shape index (κ3) is 5.06. The fourth-order valence-electron chi connectivity index (χ4n) is 7.35. The lowest BCUT2D eigenvalue weighted by Crippen LogP contribution is -1.97. The molecule has 0 aliphatic carbocycles. The summed E-state index contributed by atoms with van der Waals surface area (Å²) < 4.78 is 6.73. The van der Waals surface area contributed by atoms with Crippen molar-refractivity contribution < 1.29 is 4.42 Å². The molecule has 10 aromatic rings. The van der Waals surface area contributed by atoms with Crippen LogP contribution in [0, 0.1) is 0 Å². The molecule has 0 radical (unpaired) electrons. The Kier molecular flexibility index (Phi) is 6.81. The van der Waals surface area contributed by atoms with E-state index in [1.165, 1.54) is 32.7 Å².